The Morgan fingerprint density at radius 1 is 0.966 bits per heavy atom. The highest BCUT2D eigenvalue weighted by molar-refractivity contribution is 6.41. The molecule has 0 saturated carbocycles. The molecule has 0 bridgehead atoms. The predicted molar refractivity (Wildman–Crippen MR) is 118 cm³/mol. The summed E-state index contributed by atoms with van der Waals surface area (Å²) in [4.78, 5) is 0. The van der Waals surface area contributed by atoms with Gasteiger partial charge in [0.15, 0.2) is 5.60 Å². The summed E-state index contributed by atoms with van der Waals surface area (Å²) in [6, 6.07) is 18.2. The van der Waals surface area contributed by atoms with E-state index in [0.717, 1.165) is 37.7 Å². The number of halogens is 1. The van der Waals surface area contributed by atoms with E-state index >= 15 is 0 Å². The third-order valence-corrected chi connectivity index (χ3v) is 5.92. The summed E-state index contributed by atoms with van der Waals surface area (Å²) in [5, 5.41) is 13.7. The van der Waals surface area contributed by atoms with Crippen LogP contribution >= 0.6 is 11.6 Å². The molecule has 0 aliphatic heterocycles. The SMILES string of the molecule is COC1=CC=C(C=CC#N)CC1(OC)c1c2ccccc2c(Cl)c2ccccc12. The second-order valence-electron chi connectivity index (χ2n) is 6.93. The lowest BCUT2D eigenvalue weighted by Gasteiger charge is -2.38. The molecule has 4 heteroatoms. The highest BCUT2D eigenvalue weighted by Gasteiger charge is 2.42. The quantitative estimate of drug-likeness (QED) is 0.373. The molecule has 0 aromatic heterocycles. The van der Waals surface area contributed by atoms with Crippen molar-refractivity contribution in [3.63, 3.8) is 0 Å². The van der Waals surface area contributed by atoms with Crippen LogP contribution in [0.15, 0.2) is 84.2 Å². The molecule has 0 amide bonds. The zero-order chi connectivity index (χ0) is 20.4. The van der Waals surface area contributed by atoms with Crippen LogP contribution in [0.2, 0.25) is 5.02 Å². The van der Waals surface area contributed by atoms with Gasteiger partial charge in [-0.2, -0.15) is 5.26 Å². The number of benzene rings is 3. The summed E-state index contributed by atoms with van der Waals surface area (Å²) in [6.45, 7) is 0. The fourth-order valence-electron chi connectivity index (χ4n) is 4.24. The number of ether oxygens (including phenoxy) is 2. The van der Waals surface area contributed by atoms with Crippen LogP contribution < -0.4 is 0 Å². The fraction of sp³-hybridized carbons (Fsp3) is 0.160. The first-order chi connectivity index (χ1) is 14.2. The van der Waals surface area contributed by atoms with Gasteiger partial charge in [-0.1, -0.05) is 66.2 Å². The summed E-state index contributed by atoms with van der Waals surface area (Å²) in [6.07, 6.45) is 7.72. The standard InChI is InChI=1S/C25H20ClNO2/c1-28-22-14-13-17(8-7-15-27)16-25(22,29-2)23-18-9-3-5-11-20(18)24(26)21-12-6-4-10-19(21)23/h3-14H,16H2,1-2H3. The van der Waals surface area contributed by atoms with Gasteiger partial charge in [-0.25, -0.2) is 0 Å². The van der Waals surface area contributed by atoms with E-state index in [2.05, 4.69) is 18.2 Å². The molecular weight excluding hydrogens is 382 g/mol. The first-order valence-electron chi connectivity index (χ1n) is 9.32. The van der Waals surface area contributed by atoms with Crippen molar-refractivity contribution in [1.82, 2.24) is 0 Å². The largest absolute Gasteiger partial charge is 0.498 e. The number of hydrogen-bond donors (Lipinski definition) is 0. The molecule has 0 saturated heterocycles. The molecule has 144 valence electrons. The number of rotatable bonds is 4. The van der Waals surface area contributed by atoms with Gasteiger partial charge in [0, 0.05) is 35.9 Å². The number of allylic oxidation sites excluding steroid dienone is 4. The van der Waals surface area contributed by atoms with Crippen molar-refractivity contribution in [3.05, 3.63) is 94.8 Å². The third kappa shape index (κ3) is 3.02. The summed E-state index contributed by atoms with van der Waals surface area (Å²) in [5.41, 5.74) is 1.15. The van der Waals surface area contributed by atoms with E-state index in [9.17, 15) is 0 Å². The van der Waals surface area contributed by atoms with Crippen molar-refractivity contribution in [2.45, 2.75) is 12.0 Å². The molecule has 29 heavy (non-hydrogen) atoms. The van der Waals surface area contributed by atoms with Crippen molar-refractivity contribution in [2.75, 3.05) is 14.2 Å². The van der Waals surface area contributed by atoms with E-state index < -0.39 is 5.60 Å². The fourth-order valence-corrected chi connectivity index (χ4v) is 4.57. The van der Waals surface area contributed by atoms with Crippen LogP contribution in [0, 0.1) is 11.3 Å². The first kappa shape index (κ1) is 19.3. The Hall–Kier alpha value is -3.06. The number of fused-ring (bicyclic) bond motifs is 2. The lowest BCUT2D eigenvalue weighted by atomic mass is 9.77. The minimum absolute atomic E-state index is 0.539. The molecular formula is C25H20ClNO2. The molecule has 0 spiro atoms. The van der Waals surface area contributed by atoms with Crippen LogP contribution in [0.3, 0.4) is 0 Å². The van der Waals surface area contributed by atoms with Crippen molar-refractivity contribution in [1.29, 1.82) is 5.26 Å². The van der Waals surface area contributed by atoms with Crippen LogP contribution in [0.4, 0.5) is 0 Å². The Bertz CT molecular complexity index is 1180. The van der Waals surface area contributed by atoms with E-state index in [4.69, 9.17) is 26.3 Å². The van der Waals surface area contributed by atoms with Gasteiger partial charge in [0.05, 0.1) is 18.2 Å². The Morgan fingerprint density at radius 2 is 1.55 bits per heavy atom. The maximum absolute atomic E-state index is 8.96. The monoisotopic (exact) mass is 401 g/mol. The van der Waals surface area contributed by atoms with Gasteiger partial charge in [-0.3, -0.25) is 0 Å². The Labute approximate surface area is 175 Å². The molecule has 0 radical (unpaired) electrons. The number of methoxy groups -OCH3 is 2. The van der Waals surface area contributed by atoms with Crippen LogP contribution in [0.1, 0.15) is 12.0 Å². The van der Waals surface area contributed by atoms with Gasteiger partial charge in [-0.05, 0) is 28.5 Å². The predicted octanol–water partition coefficient (Wildman–Crippen LogP) is 6.43. The molecule has 3 aromatic rings. The first-order valence-corrected chi connectivity index (χ1v) is 9.70. The molecule has 1 aliphatic rings. The molecule has 0 heterocycles. The Morgan fingerprint density at radius 3 is 2.07 bits per heavy atom. The van der Waals surface area contributed by atoms with Gasteiger partial charge in [0.1, 0.15) is 5.76 Å². The van der Waals surface area contributed by atoms with Gasteiger partial charge in [0.25, 0.3) is 0 Å². The minimum Gasteiger partial charge on any atom is -0.498 e. The normalized spacial score (nSPS) is 19.2. The average Bonchev–Trinajstić information content (AvgIpc) is 2.78. The molecule has 4 rings (SSSR count). The third-order valence-electron chi connectivity index (χ3n) is 5.51. The number of hydrogen-bond acceptors (Lipinski definition) is 3. The van der Waals surface area contributed by atoms with Crippen molar-refractivity contribution in [2.24, 2.45) is 0 Å². The van der Waals surface area contributed by atoms with Crippen LogP contribution in [-0.4, -0.2) is 14.2 Å². The van der Waals surface area contributed by atoms with Crippen molar-refractivity contribution >= 4 is 33.1 Å². The lowest BCUT2D eigenvalue weighted by molar-refractivity contribution is -0.0222. The van der Waals surface area contributed by atoms with Crippen molar-refractivity contribution < 1.29 is 9.47 Å². The van der Waals surface area contributed by atoms with Crippen LogP contribution in [0.5, 0.6) is 0 Å². The molecule has 0 fully saturated rings. The Kier molecular flexibility index (Phi) is 5.15. The maximum Gasteiger partial charge on any atom is 0.155 e. The van der Waals surface area contributed by atoms with Crippen LogP contribution in [0.25, 0.3) is 21.5 Å². The highest BCUT2D eigenvalue weighted by atomic mass is 35.5. The Balaban J connectivity index is 2.12. The van der Waals surface area contributed by atoms with E-state index in [-0.39, 0.29) is 0 Å². The minimum atomic E-state index is -0.845. The van der Waals surface area contributed by atoms with E-state index in [0.29, 0.717) is 12.2 Å². The van der Waals surface area contributed by atoms with Gasteiger partial charge < -0.3 is 9.47 Å². The average molecular weight is 402 g/mol. The van der Waals surface area contributed by atoms with E-state index in [1.165, 1.54) is 6.08 Å². The summed E-state index contributed by atoms with van der Waals surface area (Å²) in [5.74, 6) is 0.715. The summed E-state index contributed by atoms with van der Waals surface area (Å²) < 4.78 is 12.0. The van der Waals surface area contributed by atoms with E-state index in [1.54, 1.807) is 14.2 Å². The number of nitriles is 1. The second kappa shape index (κ2) is 7.75. The molecule has 1 aliphatic carbocycles. The second-order valence-corrected chi connectivity index (χ2v) is 7.31. The molecule has 1 unspecified atom stereocenters. The number of nitrogens with zero attached hydrogens (tertiary/aromatic N) is 1. The molecule has 0 N–H and O–H groups in total. The smallest absolute Gasteiger partial charge is 0.155 e. The highest BCUT2D eigenvalue weighted by Crippen LogP contribution is 2.49. The van der Waals surface area contributed by atoms with Gasteiger partial charge >= 0.3 is 0 Å². The summed E-state index contributed by atoms with van der Waals surface area (Å²) >= 11 is 6.80. The zero-order valence-corrected chi connectivity index (χ0v) is 17.0. The lowest BCUT2D eigenvalue weighted by Crippen LogP contribution is -2.34. The van der Waals surface area contributed by atoms with E-state index in [1.807, 2.05) is 54.6 Å². The van der Waals surface area contributed by atoms with Gasteiger partial charge in [0.2, 0.25) is 0 Å². The molecule has 3 nitrogen and oxygen atoms in total. The topological polar surface area (TPSA) is 42.2 Å². The van der Waals surface area contributed by atoms with Crippen molar-refractivity contribution in [3.8, 4) is 6.07 Å². The maximum atomic E-state index is 8.96. The zero-order valence-electron chi connectivity index (χ0n) is 16.3. The van der Waals surface area contributed by atoms with Crippen LogP contribution in [-0.2, 0) is 15.1 Å². The molecule has 1 atom stereocenters. The van der Waals surface area contributed by atoms with Gasteiger partial charge in [-0.15, -0.1) is 0 Å². The molecule has 3 aromatic carbocycles. The summed E-state index contributed by atoms with van der Waals surface area (Å²) in [7, 11) is 3.35.